The maximum Gasteiger partial charge on any atom is 0.125 e. The Hall–Kier alpha value is -1.74. The van der Waals surface area contributed by atoms with Gasteiger partial charge in [-0.3, -0.25) is 0 Å². The number of methoxy groups -OCH3 is 1. The fourth-order valence-electron chi connectivity index (χ4n) is 1.91. The Morgan fingerprint density at radius 2 is 2.05 bits per heavy atom. The average Bonchev–Trinajstić information content (AvgIpc) is 2.39. The van der Waals surface area contributed by atoms with Crippen molar-refractivity contribution in [2.24, 2.45) is 0 Å². The van der Waals surface area contributed by atoms with Crippen LogP contribution < -0.4 is 10.1 Å². The van der Waals surface area contributed by atoms with E-state index in [9.17, 15) is 4.39 Å². The molecule has 0 aromatic heterocycles. The zero-order valence-electron chi connectivity index (χ0n) is 10.8. The number of rotatable bonds is 4. The van der Waals surface area contributed by atoms with Crippen LogP contribution in [0.3, 0.4) is 0 Å². The number of ether oxygens (including phenoxy) is 1. The number of benzene rings is 2. The molecule has 2 nitrogen and oxygen atoms in total. The van der Waals surface area contributed by atoms with Crippen molar-refractivity contribution in [3.05, 3.63) is 58.4 Å². The van der Waals surface area contributed by atoms with E-state index >= 15 is 0 Å². The fraction of sp³-hybridized carbons (Fsp3) is 0.200. The van der Waals surface area contributed by atoms with Gasteiger partial charge in [-0.15, -0.1) is 0 Å². The van der Waals surface area contributed by atoms with E-state index in [1.54, 1.807) is 13.2 Å². The fourth-order valence-corrected chi connectivity index (χ4v) is 2.14. The molecule has 0 bridgehead atoms. The van der Waals surface area contributed by atoms with Crippen molar-refractivity contribution in [1.29, 1.82) is 0 Å². The highest BCUT2D eigenvalue weighted by Gasteiger charge is 2.08. The number of hydrogen-bond donors (Lipinski definition) is 1. The highest BCUT2D eigenvalue weighted by Crippen LogP contribution is 2.27. The predicted molar refractivity (Wildman–Crippen MR) is 76.5 cm³/mol. The van der Waals surface area contributed by atoms with Crippen molar-refractivity contribution in [3.8, 4) is 5.75 Å². The molecule has 0 atom stereocenters. The van der Waals surface area contributed by atoms with Crippen molar-refractivity contribution in [2.75, 3.05) is 12.4 Å². The molecule has 0 saturated carbocycles. The predicted octanol–water partition coefficient (Wildman–Crippen LogP) is 4.41. The third kappa shape index (κ3) is 3.18. The van der Waals surface area contributed by atoms with E-state index in [1.165, 1.54) is 12.1 Å². The van der Waals surface area contributed by atoms with Gasteiger partial charge in [0, 0.05) is 22.8 Å². The van der Waals surface area contributed by atoms with Gasteiger partial charge in [0.1, 0.15) is 11.6 Å². The SMILES string of the molecule is COc1cccc(Cl)c1CNc1ccc(F)cc1C. The Balaban J connectivity index is 2.19. The van der Waals surface area contributed by atoms with Crippen molar-refractivity contribution in [2.45, 2.75) is 13.5 Å². The summed E-state index contributed by atoms with van der Waals surface area (Å²) in [6, 6.07) is 10.2. The summed E-state index contributed by atoms with van der Waals surface area (Å²) >= 11 is 6.16. The van der Waals surface area contributed by atoms with Crippen molar-refractivity contribution in [3.63, 3.8) is 0 Å². The van der Waals surface area contributed by atoms with Gasteiger partial charge in [-0.1, -0.05) is 17.7 Å². The zero-order valence-corrected chi connectivity index (χ0v) is 11.6. The van der Waals surface area contributed by atoms with E-state index in [4.69, 9.17) is 16.3 Å². The third-order valence-corrected chi connectivity index (χ3v) is 3.29. The molecular weight excluding hydrogens is 265 g/mol. The monoisotopic (exact) mass is 279 g/mol. The van der Waals surface area contributed by atoms with E-state index in [2.05, 4.69) is 5.32 Å². The molecule has 2 aromatic carbocycles. The zero-order chi connectivity index (χ0) is 13.8. The molecule has 0 aliphatic rings. The molecule has 19 heavy (non-hydrogen) atoms. The topological polar surface area (TPSA) is 21.3 Å². The number of anilines is 1. The van der Waals surface area contributed by atoms with Gasteiger partial charge in [-0.05, 0) is 42.8 Å². The molecule has 0 heterocycles. The molecule has 0 fully saturated rings. The lowest BCUT2D eigenvalue weighted by Gasteiger charge is -2.13. The Morgan fingerprint density at radius 3 is 2.74 bits per heavy atom. The summed E-state index contributed by atoms with van der Waals surface area (Å²) in [7, 11) is 1.61. The van der Waals surface area contributed by atoms with Crippen LogP contribution in [0.25, 0.3) is 0 Å². The number of hydrogen-bond acceptors (Lipinski definition) is 2. The Bertz CT molecular complexity index is 586. The lowest BCUT2D eigenvalue weighted by Crippen LogP contribution is -2.04. The van der Waals surface area contributed by atoms with Crippen LogP contribution in [-0.4, -0.2) is 7.11 Å². The van der Waals surface area contributed by atoms with Gasteiger partial charge in [0.05, 0.1) is 7.11 Å². The maximum absolute atomic E-state index is 13.0. The molecular formula is C15H15ClFNO. The Kier molecular flexibility index (Phi) is 4.27. The van der Waals surface area contributed by atoms with E-state index in [1.807, 2.05) is 25.1 Å². The molecule has 0 aliphatic heterocycles. The van der Waals surface area contributed by atoms with E-state index in [0.29, 0.717) is 11.6 Å². The van der Waals surface area contributed by atoms with Gasteiger partial charge >= 0.3 is 0 Å². The molecule has 4 heteroatoms. The third-order valence-electron chi connectivity index (χ3n) is 2.94. The van der Waals surface area contributed by atoms with Crippen LogP contribution in [0.1, 0.15) is 11.1 Å². The second-order valence-corrected chi connectivity index (χ2v) is 4.64. The molecule has 0 amide bonds. The second-order valence-electron chi connectivity index (χ2n) is 4.23. The molecule has 0 radical (unpaired) electrons. The minimum absolute atomic E-state index is 0.238. The Labute approximate surface area is 117 Å². The lowest BCUT2D eigenvalue weighted by atomic mass is 10.1. The van der Waals surface area contributed by atoms with Crippen LogP contribution in [0.5, 0.6) is 5.75 Å². The minimum atomic E-state index is -0.238. The van der Waals surface area contributed by atoms with Gasteiger partial charge in [0.15, 0.2) is 0 Å². The summed E-state index contributed by atoms with van der Waals surface area (Å²) in [6.07, 6.45) is 0. The van der Waals surface area contributed by atoms with E-state index in [0.717, 1.165) is 22.6 Å². The van der Waals surface area contributed by atoms with Crippen LogP contribution >= 0.6 is 11.6 Å². The van der Waals surface area contributed by atoms with Gasteiger partial charge < -0.3 is 10.1 Å². The summed E-state index contributed by atoms with van der Waals surface area (Å²) < 4.78 is 18.3. The summed E-state index contributed by atoms with van der Waals surface area (Å²) in [5.74, 6) is 0.498. The number of aryl methyl sites for hydroxylation is 1. The first kappa shape index (κ1) is 13.7. The molecule has 0 aliphatic carbocycles. The van der Waals surface area contributed by atoms with Gasteiger partial charge in [0.25, 0.3) is 0 Å². The molecule has 0 spiro atoms. The average molecular weight is 280 g/mol. The minimum Gasteiger partial charge on any atom is -0.496 e. The molecule has 2 aromatic rings. The largest absolute Gasteiger partial charge is 0.496 e. The van der Waals surface area contributed by atoms with Crippen LogP contribution in [0.15, 0.2) is 36.4 Å². The summed E-state index contributed by atoms with van der Waals surface area (Å²) in [4.78, 5) is 0. The van der Waals surface area contributed by atoms with Crippen molar-refractivity contribution >= 4 is 17.3 Å². The highest BCUT2D eigenvalue weighted by atomic mass is 35.5. The van der Waals surface area contributed by atoms with Crippen LogP contribution in [0.4, 0.5) is 10.1 Å². The van der Waals surface area contributed by atoms with Gasteiger partial charge in [0.2, 0.25) is 0 Å². The highest BCUT2D eigenvalue weighted by molar-refractivity contribution is 6.31. The van der Waals surface area contributed by atoms with Crippen molar-refractivity contribution in [1.82, 2.24) is 0 Å². The molecule has 100 valence electrons. The number of halogens is 2. The summed E-state index contributed by atoms with van der Waals surface area (Å²) in [5, 5.41) is 3.89. The summed E-state index contributed by atoms with van der Waals surface area (Å²) in [6.45, 7) is 2.38. The van der Waals surface area contributed by atoms with Gasteiger partial charge in [-0.25, -0.2) is 4.39 Å². The first-order valence-corrected chi connectivity index (χ1v) is 6.31. The molecule has 0 unspecified atom stereocenters. The van der Waals surface area contributed by atoms with Gasteiger partial charge in [-0.2, -0.15) is 0 Å². The standard InChI is InChI=1S/C15H15ClFNO/c1-10-8-11(17)6-7-14(10)18-9-12-13(16)4-3-5-15(12)19-2/h3-8,18H,9H2,1-2H3. The smallest absolute Gasteiger partial charge is 0.125 e. The Morgan fingerprint density at radius 1 is 1.26 bits per heavy atom. The quantitative estimate of drug-likeness (QED) is 0.895. The first-order valence-electron chi connectivity index (χ1n) is 5.93. The van der Waals surface area contributed by atoms with Crippen LogP contribution in [0, 0.1) is 12.7 Å². The van der Waals surface area contributed by atoms with Crippen molar-refractivity contribution < 1.29 is 9.13 Å². The molecule has 0 saturated heterocycles. The lowest BCUT2D eigenvalue weighted by molar-refractivity contribution is 0.410. The van der Waals surface area contributed by atoms with E-state index < -0.39 is 0 Å². The molecule has 2 rings (SSSR count). The van der Waals surface area contributed by atoms with Crippen LogP contribution in [-0.2, 0) is 6.54 Å². The second kappa shape index (κ2) is 5.93. The maximum atomic E-state index is 13.0. The van der Waals surface area contributed by atoms with Crippen LogP contribution in [0.2, 0.25) is 5.02 Å². The first-order chi connectivity index (χ1) is 9.11. The summed E-state index contributed by atoms with van der Waals surface area (Å²) in [5.41, 5.74) is 2.62. The molecule has 1 N–H and O–H groups in total. The normalized spacial score (nSPS) is 10.3. The number of nitrogens with one attached hydrogen (secondary N) is 1. The van der Waals surface area contributed by atoms with E-state index in [-0.39, 0.29) is 5.82 Å².